The fourth-order valence-electron chi connectivity index (χ4n) is 2.03. The van der Waals surface area contributed by atoms with Crippen molar-refractivity contribution >= 4 is 22.6 Å². The number of carbonyl (C=O) groups excluding carboxylic acids is 1. The Bertz CT molecular complexity index is 649. The Hall–Kier alpha value is -2.01. The minimum atomic E-state index is 0.0647. The van der Waals surface area contributed by atoms with Gasteiger partial charge in [-0.05, 0) is 32.0 Å². The lowest BCUT2D eigenvalue weighted by Crippen LogP contribution is -2.48. The van der Waals surface area contributed by atoms with Crippen LogP contribution in [-0.2, 0) is 4.79 Å². The van der Waals surface area contributed by atoms with E-state index in [4.69, 9.17) is 0 Å². The number of nitrogens with one attached hydrogen (secondary N) is 2. The van der Waals surface area contributed by atoms with Crippen molar-refractivity contribution in [1.82, 2.24) is 15.3 Å². The highest BCUT2D eigenvalue weighted by Gasteiger charge is 2.24. The lowest BCUT2D eigenvalue weighted by molar-refractivity contribution is -0.121. The van der Waals surface area contributed by atoms with E-state index < -0.39 is 0 Å². The minimum absolute atomic E-state index is 0.0647. The lowest BCUT2D eigenvalue weighted by Gasteiger charge is -2.25. The number of carbonyl (C=O) groups is 1. The van der Waals surface area contributed by atoms with Crippen molar-refractivity contribution in [3.63, 3.8) is 0 Å². The first-order valence-corrected chi connectivity index (χ1v) is 6.40. The van der Waals surface area contributed by atoms with Crippen LogP contribution < -0.4 is 10.6 Å². The van der Waals surface area contributed by atoms with Crippen molar-refractivity contribution in [2.45, 2.75) is 13.8 Å². The lowest BCUT2D eigenvalue weighted by atomic mass is 10.0. The quantitative estimate of drug-likeness (QED) is 0.852. The summed E-state index contributed by atoms with van der Waals surface area (Å²) in [6.07, 6.45) is 0. The molecule has 1 saturated heterocycles. The van der Waals surface area contributed by atoms with E-state index in [2.05, 4.69) is 20.6 Å². The summed E-state index contributed by atoms with van der Waals surface area (Å²) in [6, 6.07) is 5.64. The topological polar surface area (TPSA) is 66.9 Å². The summed E-state index contributed by atoms with van der Waals surface area (Å²) in [5.74, 6) is 0.149. The molecule has 2 N–H and O–H groups in total. The Balaban J connectivity index is 1.88. The van der Waals surface area contributed by atoms with Crippen LogP contribution in [0.15, 0.2) is 18.2 Å². The van der Waals surface area contributed by atoms with Gasteiger partial charge in [0, 0.05) is 18.8 Å². The number of rotatable bonds is 2. The first-order chi connectivity index (χ1) is 9.13. The van der Waals surface area contributed by atoms with Gasteiger partial charge in [0.15, 0.2) is 0 Å². The van der Waals surface area contributed by atoms with E-state index in [1.807, 2.05) is 32.0 Å². The van der Waals surface area contributed by atoms with Crippen molar-refractivity contribution in [3.05, 3.63) is 29.6 Å². The van der Waals surface area contributed by atoms with Crippen molar-refractivity contribution in [1.29, 1.82) is 0 Å². The Morgan fingerprint density at radius 3 is 2.53 bits per heavy atom. The van der Waals surface area contributed by atoms with E-state index >= 15 is 0 Å². The molecule has 0 radical (unpaired) electrons. The molecule has 0 bridgehead atoms. The van der Waals surface area contributed by atoms with Gasteiger partial charge in [0.25, 0.3) is 0 Å². The molecular formula is C14H16N4O. The summed E-state index contributed by atoms with van der Waals surface area (Å²) in [6.45, 7) is 5.41. The van der Waals surface area contributed by atoms with Crippen LogP contribution >= 0.6 is 0 Å². The number of fused-ring (bicyclic) bond motifs is 1. The molecule has 1 aromatic heterocycles. The monoisotopic (exact) mass is 256 g/mol. The number of hydrogen-bond donors (Lipinski definition) is 2. The zero-order valence-electron chi connectivity index (χ0n) is 11.0. The van der Waals surface area contributed by atoms with E-state index in [1.165, 1.54) is 0 Å². The highest BCUT2D eigenvalue weighted by Crippen LogP contribution is 2.18. The maximum Gasteiger partial charge on any atom is 0.230 e. The maximum atomic E-state index is 11.9. The minimum Gasteiger partial charge on any atom is -0.326 e. The summed E-state index contributed by atoms with van der Waals surface area (Å²) >= 11 is 0. The second-order valence-electron chi connectivity index (χ2n) is 4.94. The zero-order chi connectivity index (χ0) is 13.4. The molecule has 2 heterocycles. The molecule has 5 nitrogen and oxygen atoms in total. The van der Waals surface area contributed by atoms with Gasteiger partial charge in [0.05, 0.1) is 28.3 Å². The van der Waals surface area contributed by atoms with Gasteiger partial charge in [0.2, 0.25) is 5.91 Å². The van der Waals surface area contributed by atoms with E-state index in [0.717, 1.165) is 41.2 Å². The number of amides is 1. The molecule has 1 aromatic carbocycles. The van der Waals surface area contributed by atoms with Crippen LogP contribution in [0.3, 0.4) is 0 Å². The predicted octanol–water partition coefficient (Wildman–Crippen LogP) is 1.40. The molecule has 1 aliphatic heterocycles. The van der Waals surface area contributed by atoms with Crippen LogP contribution in [0.5, 0.6) is 0 Å². The first-order valence-electron chi connectivity index (χ1n) is 6.40. The number of anilines is 1. The van der Waals surface area contributed by atoms with Gasteiger partial charge in [-0.3, -0.25) is 4.79 Å². The third kappa shape index (κ3) is 2.29. The second-order valence-corrected chi connectivity index (χ2v) is 4.94. The number of nitrogens with zero attached hydrogens (tertiary/aromatic N) is 2. The van der Waals surface area contributed by atoms with E-state index in [1.54, 1.807) is 0 Å². The highest BCUT2D eigenvalue weighted by atomic mass is 16.2. The third-order valence-corrected chi connectivity index (χ3v) is 3.50. The first kappa shape index (κ1) is 12.0. The molecule has 0 atom stereocenters. The fraction of sp³-hybridized carbons (Fsp3) is 0.357. The van der Waals surface area contributed by atoms with Gasteiger partial charge in [-0.1, -0.05) is 0 Å². The highest BCUT2D eigenvalue weighted by molar-refractivity contribution is 5.95. The predicted molar refractivity (Wildman–Crippen MR) is 74.0 cm³/mol. The SMILES string of the molecule is Cc1nc2ccc(NC(=O)C3CNC3)cc2nc1C. The van der Waals surface area contributed by atoms with E-state index in [0.29, 0.717) is 0 Å². The molecule has 98 valence electrons. The molecule has 1 fully saturated rings. The van der Waals surface area contributed by atoms with Crippen LogP contribution in [-0.4, -0.2) is 29.0 Å². The second kappa shape index (κ2) is 4.59. The van der Waals surface area contributed by atoms with Crippen LogP contribution in [0, 0.1) is 19.8 Å². The van der Waals surface area contributed by atoms with Crippen molar-refractivity contribution in [2.75, 3.05) is 18.4 Å². The van der Waals surface area contributed by atoms with Gasteiger partial charge in [-0.15, -0.1) is 0 Å². The van der Waals surface area contributed by atoms with Crippen molar-refractivity contribution in [2.24, 2.45) is 5.92 Å². The molecule has 0 spiro atoms. The number of aryl methyl sites for hydroxylation is 2. The van der Waals surface area contributed by atoms with E-state index in [9.17, 15) is 4.79 Å². The zero-order valence-corrected chi connectivity index (χ0v) is 11.0. The molecule has 5 heteroatoms. The molecule has 1 amide bonds. The molecule has 0 unspecified atom stereocenters. The molecule has 19 heavy (non-hydrogen) atoms. The Labute approximate surface area is 111 Å². The van der Waals surface area contributed by atoms with Crippen molar-refractivity contribution < 1.29 is 4.79 Å². The number of hydrogen-bond acceptors (Lipinski definition) is 4. The average Bonchev–Trinajstić information content (AvgIpc) is 2.28. The van der Waals surface area contributed by atoms with Crippen molar-refractivity contribution in [3.8, 4) is 0 Å². The molecule has 3 rings (SSSR count). The van der Waals surface area contributed by atoms with Gasteiger partial charge in [0.1, 0.15) is 0 Å². The summed E-state index contributed by atoms with van der Waals surface area (Å²) in [7, 11) is 0. The number of benzene rings is 1. The smallest absolute Gasteiger partial charge is 0.230 e. The van der Waals surface area contributed by atoms with E-state index in [-0.39, 0.29) is 11.8 Å². The summed E-state index contributed by atoms with van der Waals surface area (Å²) < 4.78 is 0. The van der Waals surface area contributed by atoms with Gasteiger partial charge >= 0.3 is 0 Å². The van der Waals surface area contributed by atoms with Crippen LogP contribution in [0.1, 0.15) is 11.4 Å². The third-order valence-electron chi connectivity index (χ3n) is 3.50. The fourth-order valence-corrected chi connectivity index (χ4v) is 2.03. The molecule has 0 saturated carbocycles. The summed E-state index contributed by atoms with van der Waals surface area (Å²) in [4.78, 5) is 20.8. The Morgan fingerprint density at radius 2 is 1.89 bits per heavy atom. The maximum absolute atomic E-state index is 11.9. The molecule has 0 aliphatic carbocycles. The normalized spacial score (nSPS) is 15.3. The number of aromatic nitrogens is 2. The van der Waals surface area contributed by atoms with Gasteiger partial charge in [-0.2, -0.15) is 0 Å². The van der Waals surface area contributed by atoms with Gasteiger partial charge < -0.3 is 10.6 Å². The van der Waals surface area contributed by atoms with Crippen LogP contribution in [0.2, 0.25) is 0 Å². The molecular weight excluding hydrogens is 240 g/mol. The van der Waals surface area contributed by atoms with Crippen LogP contribution in [0.4, 0.5) is 5.69 Å². The standard InChI is InChI=1S/C14H16N4O/c1-8-9(2)17-13-5-11(3-4-12(13)16-8)18-14(19)10-6-15-7-10/h3-5,10,15H,6-7H2,1-2H3,(H,18,19). The average molecular weight is 256 g/mol. The molecule has 1 aliphatic rings. The van der Waals surface area contributed by atoms with Crippen LogP contribution in [0.25, 0.3) is 11.0 Å². The Morgan fingerprint density at radius 1 is 1.21 bits per heavy atom. The summed E-state index contributed by atoms with van der Waals surface area (Å²) in [5.41, 5.74) is 4.30. The largest absolute Gasteiger partial charge is 0.326 e. The summed E-state index contributed by atoms with van der Waals surface area (Å²) in [5, 5.41) is 6.01. The van der Waals surface area contributed by atoms with Gasteiger partial charge in [-0.25, -0.2) is 9.97 Å². The Kier molecular flexibility index (Phi) is 2.91. The molecule has 2 aromatic rings.